The molecule has 0 aromatic heterocycles. The van der Waals surface area contributed by atoms with E-state index in [1.807, 2.05) is 0 Å². The smallest absolute Gasteiger partial charge is 0.0358 e. The first-order valence-electron chi connectivity index (χ1n) is 5.06. The van der Waals surface area contributed by atoms with Crippen molar-refractivity contribution < 1.29 is 0 Å². The fraction of sp³-hybridized carbons (Fsp3) is 0.500. The summed E-state index contributed by atoms with van der Waals surface area (Å²) in [4.78, 5) is 0. The molecular weight excluding hydrogens is 158 g/mol. The maximum absolute atomic E-state index is 6.26. The molecule has 2 aliphatic carbocycles. The summed E-state index contributed by atoms with van der Waals surface area (Å²) in [6.45, 7) is 2.14. The van der Waals surface area contributed by atoms with Crippen molar-refractivity contribution in [3.05, 3.63) is 34.9 Å². The summed E-state index contributed by atoms with van der Waals surface area (Å²) >= 11 is 0. The second kappa shape index (κ2) is 2.16. The molecule has 1 saturated carbocycles. The Kier molecular flexibility index (Phi) is 1.26. The van der Waals surface area contributed by atoms with Crippen molar-refractivity contribution in [2.24, 2.45) is 11.1 Å². The van der Waals surface area contributed by atoms with E-state index in [0.717, 1.165) is 0 Å². The third-order valence-corrected chi connectivity index (χ3v) is 3.73. The molecule has 0 amide bonds. The van der Waals surface area contributed by atoms with E-state index in [4.69, 9.17) is 5.73 Å². The molecule has 3 rings (SSSR count). The minimum absolute atomic E-state index is 0.322. The van der Waals surface area contributed by atoms with Gasteiger partial charge in [0.25, 0.3) is 0 Å². The zero-order chi connectivity index (χ0) is 9.05. The highest BCUT2D eigenvalue weighted by molar-refractivity contribution is 5.42. The summed E-state index contributed by atoms with van der Waals surface area (Å²) in [6.07, 6.45) is 3.90. The van der Waals surface area contributed by atoms with Gasteiger partial charge in [-0.2, -0.15) is 0 Å². The Balaban J connectivity index is 2.12. The molecule has 1 nitrogen and oxygen atoms in total. The van der Waals surface area contributed by atoms with Gasteiger partial charge in [0.1, 0.15) is 0 Å². The van der Waals surface area contributed by atoms with Crippen LogP contribution in [0.2, 0.25) is 0 Å². The third kappa shape index (κ3) is 0.910. The quantitative estimate of drug-likeness (QED) is 0.640. The summed E-state index contributed by atoms with van der Waals surface area (Å²) in [5.74, 6) is 0. The third-order valence-electron chi connectivity index (χ3n) is 3.73. The fourth-order valence-corrected chi connectivity index (χ4v) is 2.63. The number of hydrogen-bond donors (Lipinski definition) is 1. The Hall–Kier alpha value is -0.820. The van der Waals surface area contributed by atoms with Crippen LogP contribution in [0.3, 0.4) is 0 Å². The molecule has 1 atom stereocenters. The van der Waals surface area contributed by atoms with Gasteiger partial charge in [0, 0.05) is 6.04 Å². The first-order chi connectivity index (χ1) is 6.21. The number of nitrogens with two attached hydrogens (primary N) is 1. The Morgan fingerprint density at radius 1 is 1.38 bits per heavy atom. The van der Waals surface area contributed by atoms with Gasteiger partial charge in [-0.1, -0.05) is 23.8 Å². The molecule has 2 aliphatic rings. The predicted octanol–water partition coefficient (Wildman–Crippen LogP) is 2.33. The van der Waals surface area contributed by atoms with Gasteiger partial charge in [0.05, 0.1) is 0 Å². The number of aryl methyl sites for hydroxylation is 1. The number of fused-ring (bicyclic) bond motifs is 1. The lowest BCUT2D eigenvalue weighted by Crippen LogP contribution is -2.17. The molecule has 68 valence electrons. The van der Waals surface area contributed by atoms with Crippen LogP contribution in [0.25, 0.3) is 0 Å². The lowest BCUT2D eigenvalue weighted by molar-refractivity contribution is 0.446. The van der Waals surface area contributed by atoms with Crippen LogP contribution in [-0.4, -0.2) is 0 Å². The second-order valence-corrected chi connectivity index (χ2v) is 4.72. The Morgan fingerprint density at radius 2 is 2.15 bits per heavy atom. The Labute approximate surface area is 78.9 Å². The lowest BCUT2D eigenvalue weighted by atomic mass is 9.98. The van der Waals surface area contributed by atoms with Gasteiger partial charge >= 0.3 is 0 Å². The van der Waals surface area contributed by atoms with Gasteiger partial charge in [-0.15, -0.1) is 0 Å². The number of benzene rings is 1. The molecule has 0 radical (unpaired) electrons. The molecule has 1 unspecified atom stereocenters. The number of rotatable bonds is 0. The monoisotopic (exact) mass is 173 g/mol. The van der Waals surface area contributed by atoms with Crippen molar-refractivity contribution >= 4 is 0 Å². The molecule has 2 N–H and O–H groups in total. The van der Waals surface area contributed by atoms with Crippen molar-refractivity contribution in [1.82, 2.24) is 0 Å². The largest absolute Gasteiger partial charge is 0.323 e. The molecule has 1 fully saturated rings. The van der Waals surface area contributed by atoms with Crippen LogP contribution in [0, 0.1) is 12.3 Å². The van der Waals surface area contributed by atoms with E-state index < -0.39 is 0 Å². The van der Waals surface area contributed by atoms with Gasteiger partial charge in [0.2, 0.25) is 0 Å². The average Bonchev–Trinajstić information content (AvgIpc) is 2.83. The van der Waals surface area contributed by atoms with Crippen LogP contribution in [-0.2, 0) is 6.42 Å². The van der Waals surface area contributed by atoms with Crippen LogP contribution in [0.1, 0.15) is 35.6 Å². The van der Waals surface area contributed by atoms with Crippen LogP contribution >= 0.6 is 0 Å². The van der Waals surface area contributed by atoms with Gasteiger partial charge in [-0.3, -0.25) is 0 Å². The molecule has 0 heterocycles. The highest BCUT2D eigenvalue weighted by Crippen LogP contribution is 2.60. The van der Waals surface area contributed by atoms with E-state index in [0.29, 0.717) is 11.5 Å². The summed E-state index contributed by atoms with van der Waals surface area (Å²) in [5, 5.41) is 0. The van der Waals surface area contributed by atoms with E-state index in [2.05, 4.69) is 25.1 Å². The molecule has 1 heteroatoms. The molecule has 0 saturated heterocycles. The highest BCUT2D eigenvalue weighted by atomic mass is 14.8. The summed E-state index contributed by atoms with van der Waals surface area (Å²) in [6, 6.07) is 7.06. The molecule has 0 bridgehead atoms. The van der Waals surface area contributed by atoms with Gasteiger partial charge in [-0.25, -0.2) is 0 Å². The molecular formula is C12H15N. The standard InChI is InChI=1S/C12H15N/c1-8-2-3-9-7-12(4-5-12)11(13)10(9)6-8/h2-3,6,11H,4-5,7,13H2,1H3. The first kappa shape index (κ1) is 7.57. The van der Waals surface area contributed by atoms with Crippen molar-refractivity contribution in [1.29, 1.82) is 0 Å². The van der Waals surface area contributed by atoms with E-state index in [1.54, 1.807) is 0 Å². The zero-order valence-corrected chi connectivity index (χ0v) is 8.01. The minimum Gasteiger partial charge on any atom is -0.323 e. The van der Waals surface area contributed by atoms with Crippen molar-refractivity contribution in [2.45, 2.75) is 32.2 Å². The highest BCUT2D eigenvalue weighted by Gasteiger charge is 2.52. The van der Waals surface area contributed by atoms with E-state index in [-0.39, 0.29) is 0 Å². The maximum atomic E-state index is 6.26. The van der Waals surface area contributed by atoms with Crippen LogP contribution < -0.4 is 5.73 Å². The Bertz CT molecular complexity index is 363. The summed E-state index contributed by atoms with van der Waals surface area (Å²) in [7, 11) is 0. The van der Waals surface area contributed by atoms with E-state index in [9.17, 15) is 0 Å². The van der Waals surface area contributed by atoms with Crippen LogP contribution in [0.4, 0.5) is 0 Å². The minimum atomic E-state index is 0.322. The van der Waals surface area contributed by atoms with Crippen LogP contribution in [0.5, 0.6) is 0 Å². The molecule has 1 aromatic carbocycles. The van der Waals surface area contributed by atoms with Gasteiger partial charge in [-0.05, 0) is 42.7 Å². The predicted molar refractivity (Wildman–Crippen MR) is 53.5 cm³/mol. The normalized spacial score (nSPS) is 27.7. The van der Waals surface area contributed by atoms with E-state index in [1.165, 1.54) is 36.0 Å². The SMILES string of the molecule is Cc1ccc2c(c1)C(N)C1(CC1)C2. The zero-order valence-electron chi connectivity index (χ0n) is 8.01. The summed E-state index contributed by atoms with van der Waals surface area (Å²) < 4.78 is 0. The fourth-order valence-electron chi connectivity index (χ4n) is 2.63. The van der Waals surface area contributed by atoms with Gasteiger partial charge in [0.15, 0.2) is 0 Å². The maximum Gasteiger partial charge on any atom is 0.0358 e. The Morgan fingerprint density at radius 3 is 2.85 bits per heavy atom. The summed E-state index contributed by atoms with van der Waals surface area (Å²) in [5.41, 5.74) is 11.0. The molecule has 13 heavy (non-hydrogen) atoms. The van der Waals surface area contributed by atoms with Crippen molar-refractivity contribution in [3.63, 3.8) is 0 Å². The van der Waals surface area contributed by atoms with Gasteiger partial charge < -0.3 is 5.73 Å². The molecule has 1 aromatic rings. The molecule has 1 spiro atoms. The average molecular weight is 173 g/mol. The van der Waals surface area contributed by atoms with Crippen LogP contribution in [0.15, 0.2) is 18.2 Å². The van der Waals surface area contributed by atoms with Crippen molar-refractivity contribution in [2.75, 3.05) is 0 Å². The first-order valence-corrected chi connectivity index (χ1v) is 5.06. The second-order valence-electron chi connectivity index (χ2n) is 4.72. The lowest BCUT2D eigenvalue weighted by Gasteiger charge is -2.13. The molecule has 0 aliphatic heterocycles. The van der Waals surface area contributed by atoms with E-state index >= 15 is 0 Å². The topological polar surface area (TPSA) is 26.0 Å². The van der Waals surface area contributed by atoms with Crippen molar-refractivity contribution in [3.8, 4) is 0 Å². The number of hydrogen-bond acceptors (Lipinski definition) is 1.